The molecule has 1 amide bonds. The molecule has 7 unspecified atom stereocenters. The second-order valence-electron chi connectivity index (χ2n) is 12.2. The van der Waals surface area contributed by atoms with Crippen LogP contribution >= 0.6 is 0 Å². The fourth-order valence-electron chi connectivity index (χ4n) is 8.37. The Bertz CT molecular complexity index is 703. The molecule has 186 valence electrons. The summed E-state index contributed by atoms with van der Waals surface area (Å²) in [4.78, 5) is 18.7. The largest absolute Gasteiger partial charge is 0.387 e. The van der Waals surface area contributed by atoms with Gasteiger partial charge in [0, 0.05) is 24.5 Å². The predicted molar refractivity (Wildman–Crippen MR) is 133 cm³/mol. The number of nitrogens with one attached hydrogen (secondary N) is 2. The van der Waals surface area contributed by atoms with Crippen molar-refractivity contribution in [2.45, 2.75) is 102 Å². The summed E-state index contributed by atoms with van der Waals surface area (Å²) in [7, 11) is 2.18. The molecule has 7 atom stereocenters. The summed E-state index contributed by atoms with van der Waals surface area (Å²) >= 11 is 0. The molecule has 4 N–H and O–H groups in total. The molecule has 0 aromatic heterocycles. The van der Waals surface area contributed by atoms with Crippen LogP contribution in [0.2, 0.25) is 0 Å². The average molecular weight is 458 g/mol. The van der Waals surface area contributed by atoms with E-state index in [4.69, 9.17) is 11.1 Å². The molecular formula is C27H47N5O. The van der Waals surface area contributed by atoms with Crippen LogP contribution in [0.1, 0.15) is 83.5 Å². The Balaban J connectivity index is 1.31. The van der Waals surface area contributed by atoms with Crippen molar-refractivity contribution in [3.8, 4) is 0 Å². The topological polar surface area (TPSA) is 85.5 Å². The van der Waals surface area contributed by atoms with Gasteiger partial charge in [0.2, 0.25) is 5.91 Å². The Kier molecular flexibility index (Phi) is 7.31. The van der Waals surface area contributed by atoms with Gasteiger partial charge in [-0.2, -0.15) is 0 Å². The first-order chi connectivity index (χ1) is 16.0. The van der Waals surface area contributed by atoms with Crippen LogP contribution in [0.5, 0.6) is 0 Å². The molecule has 2 heterocycles. The van der Waals surface area contributed by atoms with Crippen LogP contribution in [-0.2, 0) is 4.79 Å². The van der Waals surface area contributed by atoms with Gasteiger partial charge in [0.1, 0.15) is 0 Å². The Hall–Kier alpha value is -1.14. The highest BCUT2D eigenvalue weighted by Crippen LogP contribution is 2.47. The molecule has 5 fully saturated rings. The van der Waals surface area contributed by atoms with Crippen molar-refractivity contribution >= 4 is 11.7 Å². The summed E-state index contributed by atoms with van der Waals surface area (Å²) in [6.07, 6.45) is 16.1. The van der Waals surface area contributed by atoms with Crippen LogP contribution in [-0.4, -0.2) is 66.4 Å². The second-order valence-corrected chi connectivity index (χ2v) is 12.2. The average Bonchev–Trinajstić information content (AvgIpc) is 3.18. The zero-order valence-corrected chi connectivity index (χ0v) is 20.8. The third-order valence-electron chi connectivity index (χ3n) is 10.3. The minimum Gasteiger partial charge on any atom is -0.387 e. The van der Waals surface area contributed by atoms with Crippen molar-refractivity contribution in [2.75, 3.05) is 26.7 Å². The number of carbonyl (C=O) groups excluding carboxylic acids is 1. The highest BCUT2D eigenvalue weighted by atomic mass is 16.2. The van der Waals surface area contributed by atoms with E-state index in [0.29, 0.717) is 23.8 Å². The normalized spacial score (nSPS) is 40.7. The Morgan fingerprint density at radius 1 is 0.939 bits per heavy atom. The van der Waals surface area contributed by atoms with E-state index < -0.39 is 0 Å². The Labute approximate surface area is 200 Å². The van der Waals surface area contributed by atoms with Crippen molar-refractivity contribution < 1.29 is 4.79 Å². The molecule has 6 heteroatoms. The molecule has 3 aliphatic carbocycles. The van der Waals surface area contributed by atoms with Gasteiger partial charge in [0.25, 0.3) is 0 Å². The fraction of sp³-hybridized carbons (Fsp3) is 0.926. The molecule has 6 nitrogen and oxygen atoms in total. The van der Waals surface area contributed by atoms with Crippen molar-refractivity contribution in [1.82, 2.24) is 15.1 Å². The summed E-state index contributed by atoms with van der Waals surface area (Å²) in [5.74, 6) is 4.00. The van der Waals surface area contributed by atoms with E-state index in [2.05, 4.69) is 22.2 Å². The molecule has 5 aliphatic rings. The number of hydrogen-bond acceptors (Lipinski definition) is 4. The predicted octanol–water partition coefficient (Wildman–Crippen LogP) is 3.60. The monoisotopic (exact) mass is 457 g/mol. The van der Waals surface area contributed by atoms with E-state index in [1.807, 2.05) is 0 Å². The molecule has 0 radical (unpaired) electrons. The number of hydrogen-bond donors (Lipinski definition) is 3. The first kappa shape index (κ1) is 23.6. The van der Waals surface area contributed by atoms with Crippen LogP contribution in [0.3, 0.4) is 0 Å². The fourth-order valence-corrected chi connectivity index (χ4v) is 8.37. The zero-order valence-electron chi connectivity index (χ0n) is 20.8. The minimum absolute atomic E-state index is 0.0225. The van der Waals surface area contributed by atoms with Crippen LogP contribution in [0.15, 0.2) is 0 Å². The van der Waals surface area contributed by atoms with Crippen molar-refractivity contribution in [1.29, 1.82) is 5.41 Å². The number of fused-ring (bicyclic) bond motifs is 2. The van der Waals surface area contributed by atoms with Crippen molar-refractivity contribution in [2.24, 2.45) is 35.3 Å². The molecule has 2 saturated heterocycles. The maximum absolute atomic E-state index is 13.7. The molecule has 33 heavy (non-hydrogen) atoms. The van der Waals surface area contributed by atoms with Crippen LogP contribution in [0, 0.1) is 35.0 Å². The quantitative estimate of drug-likeness (QED) is 0.435. The second kappa shape index (κ2) is 10.2. The van der Waals surface area contributed by atoms with Crippen LogP contribution in [0.4, 0.5) is 0 Å². The highest BCUT2D eigenvalue weighted by molar-refractivity contribution is 5.83. The number of piperidine rings is 1. The van der Waals surface area contributed by atoms with E-state index in [9.17, 15) is 4.79 Å². The SMILES string of the molecule is CN1CCC(NC(=O)C2CC3CCC(C(=N)N)CC3N2CC2CCCC3CCCCC32)CC1. The third-order valence-corrected chi connectivity index (χ3v) is 10.3. The Morgan fingerprint density at radius 2 is 1.70 bits per heavy atom. The molecule has 0 bridgehead atoms. The van der Waals surface area contributed by atoms with E-state index >= 15 is 0 Å². The van der Waals surface area contributed by atoms with Crippen molar-refractivity contribution in [3.05, 3.63) is 0 Å². The molecular weight excluding hydrogens is 410 g/mol. The van der Waals surface area contributed by atoms with Gasteiger partial charge < -0.3 is 16.0 Å². The third kappa shape index (κ3) is 5.12. The number of rotatable bonds is 5. The van der Waals surface area contributed by atoms with Crippen LogP contribution in [0.25, 0.3) is 0 Å². The van der Waals surface area contributed by atoms with Gasteiger partial charge in [0.05, 0.1) is 11.9 Å². The number of likely N-dealkylation sites (tertiary alicyclic amines) is 2. The lowest BCUT2D eigenvalue weighted by Crippen LogP contribution is -2.53. The highest BCUT2D eigenvalue weighted by Gasteiger charge is 2.49. The lowest BCUT2D eigenvalue weighted by Gasteiger charge is -2.45. The first-order valence-electron chi connectivity index (χ1n) is 14.1. The van der Waals surface area contributed by atoms with Gasteiger partial charge in [0.15, 0.2) is 0 Å². The molecule has 0 aromatic carbocycles. The lowest BCUT2D eigenvalue weighted by molar-refractivity contribution is -0.127. The van der Waals surface area contributed by atoms with Crippen molar-refractivity contribution in [3.63, 3.8) is 0 Å². The van der Waals surface area contributed by atoms with Gasteiger partial charge in [-0.15, -0.1) is 0 Å². The summed E-state index contributed by atoms with van der Waals surface area (Å²) in [6.45, 7) is 3.25. The van der Waals surface area contributed by atoms with Gasteiger partial charge in [-0.1, -0.05) is 32.1 Å². The Morgan fingerprint density at radius 3 is 2.48 bits per heavy atom. The minimum atomic E-state index is 0.0225. The van der Waals surface area contributed by atoms with E-state index in [0.717, 1.165) is 75.9 Å². The molecule has 0 aromatic rings. The van der Waals surface area contributed by atoms with Gasteiger partial charge in [-0.25, -0.2) is 0 Å². The summed E-state index contributed by atoms with van der Waals surface area (Å²) in [5.41, 5.74) is 5.98. The first-order valence-corrected chi connectivity index (χ1v) is 14.1. The van der Waals surface area contributed by atoms with Gasteiger partial charge in [-0.3, -0.25) is 15.1 Å². The van der Waals surface area contributed by atoms with E-state index in [-0.39, 0.29) is 17.9 Å². The number of amidine groups is 1. The number of carbonyl (C=O) groups is 1. The summed E-state index contributed by atoms with van der Waals surface area (Å²) < 4.78 is 0. The molecule has 2 aliphatic heterocycles. The molecule has 3 saturated carbocycles. The number of nitrogens with zero attached hydrogens (tertiary/aromatic N) is 2. The molecule has 0 spiro atoms. The van der Waals surface area contributed by atoms with Gasteiger partial charge in [-0.05, 0) is 95.2 Å². The maximum Gasteiger partial charge on any atom is 0.237 e. The van der Waals surface area contributed by atoms with E-state index in [1.165, 1.54) is 44.9 Å². The van der Waals surface area contributed by atoms with Crippen LogP contribution < -0.4 is 11.1 Å². The summed E-state index contributed by atoms with van der Waals surface area (Å²) in [5, 5.41) is 11.6. The van der Waals surface area contributed by atoms with Gasteiger partial charge >= 0.3 is 0 Å². The smallest absolute Gasteiger partial charge is 0.237 e. The maximum atomic E-state index is 13.7. The number of amides is 1. The summed E-state index contributed by atoms with van der Waals surface area (Å²) in [6, 6.07) is 0.791. The standard InChI is InChI=1S/C27H47N5O/c1-31-13-11-22(12-14-31)30-27(33)25-15-19-9-10-20(26(28)29)16-24(19)32(25)17-21-7-4-6-18-5-2-3-8-23(18)21/h18-25H,2-17H2,1H3,(H3,28,29)(H,30,33). The number of nitrogens with two attached hydrogens (primary N) is 1. The molecule has 5 rings (SSSR count). The van der Waals surface area contributed by atoms with E-state index in [1.54, 1.807) is 0 Å². The zero-order chi connectivity index (χ0) is 22.9. The lowest BCUT2D eigenvalue weighted by atomic mass is 9.65.